The van der Waals surface area contributed by atoms with E-state index in [0.29, 0.717) is 35.8 Å². The van der Waals surface area contributed by atoms with Gasteiger partial charge in [0.05, 0.1) is 17.6 Å². The molecule has 2 aliphatic rings. The molecule has 1 amide bonds. The Bertz CT molecular complexity index is 1570. The number of amides is 1. The first-order chi connectivity index (χ1) is 16.9. The van der Waals surface area contributed by atoms with Crippen LogP contribution in [0.3, 0.4) is 0 Å². The van der Waals surface area contributed by atoms with Crippen molar-refractivity contribution in [2.24, 2.45) is 0 Å². The van der Waals surface area contributed by atoms with Crippen molar-refractivity contribution in [3.8, 4) is 11.4 Å². The number of carbonyl (C=O) groups is 1. The Kier molecular flexibility index (Phi) is 4.79. The second-order valence-electron chi connectivity index (χ2n) is 9.52. The largest absolute Gasteiger partial charge is 0.508 e. The van der Waals surface area contributed by atoms with E-state index in [1.165, 1.54) is 6.08 Å². The van der Waals surface area contributed by atoms with E-state index < -0.39 is 0 Å². The summed E-state index contributed by atoms with van der Waals surface area (Å²) in [4.78, 5) is 39.6. The average molecular weight is 471 g/mol. The van der Waals surface area contributed by atoms with Crippen LogP contribution in [-0.2, 0) is 4.79 Å². The summed E-state index contributed by atoms with van der Waals surface area (Å²) in [5.74, 6) is 1.32. The number of likely N-dealkylation sites (N-methyl/N-ethyl adjacent to an activating group) is 1. The van der Waals surface area contributed by atoms with Gasteiger partial charge >= 0.3 is 0 Å². The van der Waals surface area contributed by atoms with E-state index in [4.69, 9.17) is 9.97 Å². The van der Waals surface area contributed by atoms with Gasteiger partial charge < -0.3 is 19.5 Å². The van der Waals surface area contributed by atoms with Crippen molar-refractivity contribution in [2.75, 3.05) is 33.2 Å². The standard InChI is InChI=1S/C26H26N6O3/c1-4-22(34)30-11-17(12-30)25-28-24-23(32(25)18-13-29(3)14-18)26(35)31(15(2)27-24)21-10-19(33)9-16-7-5-6-8-20(16)21/h4-10,17-18,33H,1,11-14H2,2-3H3. The predicted molar refractivity (Wildman–Crippen MR) is 133 cm³/mol. The van der Waals surface area contributed by atoms with Gasteiger partial charge in [0.2, 0.25) is 5.91 Å². The van der Waals surface area contributed by atoms with E-state index in [-0.39, 0.29) is 29.2 Å². The molecule has 0 spiro atoms. The van der Waals surface area contributed by atoms with Gasteiger partial charge in [0.25, 0.3) is 5.56 Å². The van der Waals surface area contributed by atoms with E-state index in [9.17, 15) is 14.7 Å². The van der Waals surface area contributed by atoms with Crippen LogP contribution in [0.25, 0.3) is 27.6 Å². The maximum atomic E-state index is 14.1. The molecule has 9 heteroatoms. The van der Waals surface area contributed by atoms with Crippen LogP contribution in [0.4, 0.5) is 0 Å². The lowest BCUT2D eigenvalue weighted by molar-refractivity contribution is -0.130. The number of phenols is 1. The predicted octanol–water partition coefficient (Wildman–Crippen LogP) is 2.35. The lowest BCUT2D eigenvalue weighted by atomic mass is 9.98. The minimum atomic E-state index is -0.213. The molecule has 1 N–H and O–H groups in total. The Balaban J connectivity index is 1.56. The number of likely N-dealkylation sites (tertiary alicyclic amines) is 2. The summed E-state index contributed by atoms with van der Waals surface area (Å²) in [5, 5.41) is 12.1. The summed E-state index contributed by atoms with van der Waals surface area (Å²) in [6, 6.07) is 11.0. The molecule has 2 fully saturated rings. The minimum absolute atomic E-state index is 0.0359. The highest BCUT2D eigenvalue weighted by Crippen LogP contribution is 2.34. The van der Waals surface area contributed by atoms with E-state index in [1.807, 2.05) is 35.9 Å². The number of phenolic OH excluding ortho intramolecular Hbond substituents is 1. The highest BCUT2D eigenvalue weighted by Gasteiger charge is 2.38. The molecule has 4 aromatic rings. The lowest BCUT2D eigenvalue weighted by Crippen LogP contribution is -2.51. The van der Waals surface area contributed by atoms with Crippen LogP contribution < -0.4 is 5.56 Å². The molecule has 2 saturated heterocycles. The SMILES string of the molecule is C=CC(=O)N1CC(c2nc3nc(C)n(-c4cc(O)cc5ccccc45)c(=O)c3n2C2CN(C)C2)C1. The fourth-order valence-electron chi connectivity index (χ4n) is 5.35. The first-order valence-corrected chi connectivity index (χ1v) is 11.7. The van der Waals surface area contributed by atoms with Crippen molar-refractivity contribution >= 4 is 27.8 Å². The lowest BCUT2D eigenvalue weighted by Gasteiger charge is -2.42. The number of aromatic hydroxyl groups is 1. The van der Waals surface area contributed by atoms with Crippen molar-refractivity contribution in [1.82, 2.24) is 28.9 Å². The molecule has 35 heavy (non-hydrogen) atoms. The highest BCUT2D eigenvalue weighted by atomic mass is 16.3. The number of benzene rings is 2. The van der Waals surface area contributed by atoms with Crippen LogP contribution in [0.1, 0.15) is 23.6 Å². The van der Waals surface area contributed by atoms with Gasteiger partial charge in [-0.15, -0.1) is 0 Å². The maximum absolute atomic E-state index is 14.1. The Morgan fingerprint density at radius 3 is 2.60 bits per heavy atom. The van der Waals surface area contributed by atoms with Gasteiger partial charge in [-0.2, -0.15) is 0 Å². The molecule has 2 aromatic carbocycles. The van der Waals surface area contributed by atoms with Crippen LogP contribution in [0.5, 0.6) is 5.75 Å². The second kappa shape index (κ2) is 7.78. The number of fused-ring (bicyclic) bond motifs is 2. The maximum Gasteiger partial charge on any atom is 0.284 e. The first-order valence-electron chi connectivity index (χ1n) is 11.7. The van der Waals surface area contributed by atoms with Gasteiger partial charge in [0.1, 0.15) is 17.4 Å². The normalized spacial score (nSPS) is 17.0. The number of aryl methyl sites for hydroxylation is 1. The molecular weight excluding hydrogens is 444 g/mol. The zero-order chi connectivity index (χ0) is 24.4. The average Bonchev–Trinajstić information content (AvgIpc) is 3.13. The number of carbonyl (C=O) groups excluding carboxylic acids is 1. The van der Waals surface area contributed by atoms with Gasteiger partial charge in [0.15, 0.2) is 11.2 Å². The minimum Gasteiger partial charge on any atom is -0.508 e. The molecule has 9 nitrogen and oxygen atoms in total. The Morgan fingerprint density at radius 2 is 1.89 bits per heavy atom. The number of imidazole rings is 1. The summed E-state index contributed by atoms with van der Waals surface area (Å²) < 4.78 is 3.62. The summed E-state index contributed by atoms with van der Waals surface area (Å²) in [5.41, 5.74) is 1.26. The van der Waals surface area contributed by atoms with Gasteiger partial charge in [-0.1, -0.05) is 30.8 Å². The van der Waals surface area contributed by atoms with Crippen molar-refractivity contribution in [2.45, 2.75) is 18.9 Å². The molecule has 6 rings (SSSR count). The third-order valence-electron chi connectivity index (χ3n) is 7.13. The Hall–Kier alpha value is -3.98. The smallest absolute Gasteiger partial charge is 0.284 e. The van der Waals surface area contributed by atoms with Gasteiger partial charge in [-0.25, -0.2) is 9.97 Å². The molecule has 0 unspecified atom stereocenters. The van der Waals surface area contributed by atoms with Crippen LogP contribution >= 0.6 is 0 Å². The number of nitrogens with zero attached hydrogens (tertiary/aromatic N) is 6. The molecule has 0 radical (unpaired) electrons. The number of hydrogen-bond acceptors (Lipinski definition) is 6. The van der Waals surface area contributed by atoms with E-state index in [2.05, 4.69) is 11.5 Å². The van der Waals surface area contributed by atoms with Gasteiger partial charge in [0, 0.05) is 37.6 Å². The molecule has 2 aliphatic heterocycles. The number of rotatable bonds is 4. The van der Waals surface area contributed by atoms with Crippen molar-refractivity contribution in [1.29, 1.82) is 0 Å². The number of hydrogen-bond donors (Lipinski definition) is 1. The summed E-state index contributed by atoms with van der Waals surface area (Å²) in [7, 11) is 2.04. The molecule has 178 valence electrons. The van der Waals surface area contributed by atoms with Gasteiger partial charge in [-0.05, 0) is 31.5 Å². The monoisotopic (exact) mass is 470 g/mol. The zero-order valence-electron chi connectivity index (χ0n) is 19.7. The van der Waals surface area contributed by atoms with Crippen LogP contribution in [0.15, 0.2) is 53.8 Å². The topological polar surface area (TPSA) is 96.5 Å². The van der Waals surface area contributed by atoms with Crippen LogP contribution in [0.2, 0.25) is 0 Å². The number of aromatic nitrogens is 4. The van der Waals surface area contributed by atoms with Gasteiger partial charge in [-0.3, -0.25) is 14.2 Å². The fraction of sp³-hybridized carbons (Fsp3) is 0.308. The second-order valence-corrected chi connectivity index (χ2v) is 9.52. The molecule has 4 heterocycles. The third kappa shape index (κ3) is 3.26. The van der Waals surface area contributed by atoms with E-state index >= 15 is 0 Å². The Morgan fingerprint density at radius 1 is 1.14 bits per heavy atom. The summed E-state index contributed by atoms with van der Waals surface area (Å²) in [6.45, 7) is 8.05. The van der Waals surface area contributed by atoms with Crippen molar-refractivity contribution < 1.29 is 9.90 Å². The highest BCUT2D eigenvalue weighted by molar-refractivity contribution is 5.92. The molecule has 0 bridgehead atoms. The quantitative estimate of drug-likeness (QED) is 0.460. The molecule has 0 atom stereocenters. The summed E-state index contributed by atoms with van der Waals surface area (Å²) >= 11 is 0. The third-order valence-corrected chi connectivity index (χ3v) is 7.13. The molecule has 0 saturated carbocycles. The fourth-order valence-corrected chi connectivity index (χ4v) is 5.35. The van der Waals surface area contributed by atoms with Crippen LogP contribution in [-0.4, -0.2) is 73.1 Å². The van der Waals surface area contributed by atoms with Crippen LogP contribution in [0, 0.1) is 6.92 Å². The summed E-state index contributed by atoms with van der Waals surface area (Å²) in [6.07, 6.45) is 1.32. The Labute approximate surface area is 201 Å². The van der Waals surface area contributed by atoms with Crippen molar-refractivity contribution in [3.05, 3.63) is 71.1 Å². The molecule has 2 aromatic heterocycles. The first kappa shape index (κ1) is 21.5. The molecular formula is C26H26N6O3. The van der Waals surface area contributed by atoms with E-state index in [0.717, 1.165) is 29.7 Å². The van der Waals surface area contributed by atoms with E-state index in [1.54, 1.807) is 28.5 Å². The van der Waals surface area contributed by atoms with Crippen molar-refractivity contribution in [3.63, 3.8) is 0 Å². The zero-order valence-corrected chi connectivity index (χ0v) is 19.7. The molecule has 0 aliphatic carbocycles.